The van der Waals surface area contributed by atoms with E-state index in [9.17, 15) is 0 Å². The van der Waals surface area contributed by atoms with Crippen LogP contribution < -0.4 is 0 Å². The second-order valence-corrected chi connectivity index (χ2v) is 11.6. The highest BCUT2D eigenvalue weighted by atomic mass is 15.0. The molecule has 4 nitrogen and oxygen atoms in total. The Bertz CT molecular complexity index is 2370. The minimum absolute atomic E-state index is 1.07. The van der Waals surface area contributed by atoms with Crippen molar-refractivity contribution in [3.8, 4) is 33.6 Å². The van der Waals surface area contributed by atoms with Crippen LogP contribution in [0.5, 0.6) is 0 Å². The standard InChI is InChI=1S/C42H28N4/c1-3-15-33(16-4-1)45-39-19-7-11-29-24-36(32-14-10-22-44-28-32)42(26-37(29)39)46(34-17-5-2-6-18-34)40-20-8-12-30-23-35(41(45)25-38(30)40)31-13-9-21-43-27-31/h1-28H. The molecule has 9 aromatic rings. The maximum atomic E-state index is 4.52. The summed E-state index contributed by atoms with van der Waals surface area (Å²) < 4.78 is 4.82. The first kappa shape index (κ1) is 26.2. The Morgan fingerprint density at radius 3 is 1.24 bits per heavy atom. The summed E-state index contributed by atoms with van der Waals surface area (Å²) in [5, 5.41) is 4.64. The van der Waals surface area contributed by atoms with Crippen LogP contribution in [0.15, 0.2) is 170 Å². The van der Waals surface area contributed by atoms with Crippen molar-refractivity contribution in [2.75, 3.05) is 0 Å². The highest BCUT2D eigenvalue weighted by Crippen LogP contribution is 2.39. The number of pyridine rings is 2. The quantitative estimate of drug-likeness (QED) is 0.205. The van der Waals surface area contributed by atoms with E-state index in [4.69, 9.17) is 0 Å². The molecule has 216 valence electrons. The molecule has 3 aromatic heterocycles. The van der Waals surface area contributed by atoms with E-state index in [1.165, 1.54) is 0 Å². The minimum Gasteiger partial charge on any atom is -0.309 e. The monoisotopic (exact) mass is 588 g/mol. The van der Waals surface area contributed by atoms with Crippen LogP contribution in [-0.4, -0.2) is 19.1 Å². The van der Waals surface area contributed by atoms with Gasteiger partial charge < -0.3 is 9.13 Å². The number of aromatic nitrogens is 4. The molecule has 6 aromatic carbocycles. The number of fused-ring (bicyclic) bond motifs is 2. The second-order valence-electron chi connectivity index (χ2n) is 11.6. The van der Waals surface area contributed by atoms with Gasteiger partial charge in [-0.25, -0.2) is 0 Å². The Hall–Kier alpha value is -6.26. The first-order chi connectivity index (χ1) is 22.8. The maximum absolute atomic E-state index is 4.52. The molecule has 0 saturated carbocycles. The van der Waals surface area contributed by atoms with Crippen molar-refractivity contribution in [3.05, 3.63) is 170 Å². The van der Waals surface area contributed by atoms with Crippen molar-refractivity contribution in [2.24, 2.45) is 0 Å². The van der Waals surface area contributed by atoms with Crippen molar-refractivity contribution in [1.29, 1.82) is 0 Å². The molecule has 0 atom stereocenters. The van der Waals surface area contributed by atoms with E-state index >= 15 is 0 Å². The van der Waals surface area contributed by atoms with Crippen molar-refractivity contribution in [1.82, 2.24) is 19.1 Å². The van der Waals surface area contributed by atoms with E-state index in [1.807, 2.05) is 36.9 Å². The predicted molar refractivity (Wildman–Crippen MR) is 190 cm³/mol. The molecule has 0 amide bonds. The Kier molecular flexibility index (Phi) is 6.10. The number of rotatable bonds is 4. The van der Waals surface area contributed by atoms with Crippen LogP contribution in [0, 0.1) is 0 Å². The smallest absolute Gasteiger partial charge is 0.0548 e. The lowest BCUT2D eigenvalue weighted by Gasteiger charge is -2.21. The fourth-order valence-electron chi connectivity index (χ4n) is 6.83. The van der Waals surface area contributed by atoms with Gasteiger partial charge in [0, 0.05) is 69.2 Å². The molecule has 0 aliphatic carbocycles. The zero-order valence-corrected chi connectivity index (χ0v) is 25.0. The molecule has 0 aliphatic heterocycles. The largest absolute Gasteiger partial charge is 0.309 e. The third-order valence-corrected chi connectivity index (χ3v) is 8.88. The van der Waals surface area contributed by atoms with Gasteiger partial charge in [0.2, 0.25) is 0 Å². The summed E-state index contributed by atoms with van der Waals surface area (Å²) >= 11 is 0. The van der Waals surface area contributed by atoms with Gasteiger partial charge in [-0.15, -0.1) is 0 Å². The lowest BCUT2D eigenvalue weighted by molar-refractivity contribution is 1.15. The molecule has 0 N–H and O–H groups in total. The highest BCUT2D eigenvalue weighted by Gasteiger charge is 2.17. The third kappa shape index (κ3) is 4.23. The average Bonchev–Trinajstić information content (AvgIpc) is 3.13. The van der Waals surface area contributed by atoms with Gasteiger partial charge in [-0.1, -0.05) is 72.8 Å². The van der Waals surface area contributed by atoms with E-state index < -0.39 is 0 Å². The molecule has 4 bridgehead atoms. The van der Waals surface area contributed by atoms with Crippen molar-refractivity contribution in [2.45, 2.75) is 0 Å². The van der Waals surface area contributed by atoms with Gasteiger partial charge in [0.05, 0.1) is 22.1 Å². The highest BCUT2D eigenvalue weighted by molar-refractivity contribution is 6.09. The van der Waals surface area contributed by atoms with Crippen LogP contribution >= 0.6 is 0 Å². The molecule has 0 fully saturated rings. The first-order valence-corrected chi connectivity index (χ1v) is 15.5. The molecule has 0 radical (unpaired) electrons. The average molecular weight is 589 g/mol. The lowest BCUT2D eigenvalue weighted by Crippen LogP contribution is -2.03. The lowest BCUT2D eigenvalue weighted by atomic mass is 9.97. The zero-order valence-electron chi connectivity index (χ0n) is 25.0. The fraction of sp³-hybridized carbons (Fsp3) is 0. The van der Waals surface area contributed by atoms with Crippen LogP contribution in [0.1, 0.15) is 0 Å². The summed E-state index contributed by atoms with van der Waals surface area (Å²) in [6.07, 6.45) is 7.58. The van der Waals surface area contributed by atoms with Crippen LogP contribution in [-0.2, 0) is 0 Å². The van der Waals surface area contributed by atoms with Crippen molar-refractivity contribution in [3.63, 3.8) is 0 Å². The van der Waals surface area contributed by atoms with Crippen LogP contribution in [0.3, 0.4) is 0 Å². The van der Waals surface area contributed by atoms with Gasteiger partial charge in [-0.05, 0) is 83.6 Å². The predicted octanol–water partition coefficient (Wildman–Crippen LogP) is 10.6. The molecule has 0 aliphatic rings. The summed E-state index contributed by atoms with van der Waals surface area (Å²) in [6, 6.07) is 52.3. The number of para-hydroxylation sites is 2. The van der Waals surface area contributed by atoms with Gasteiger partial charge in [-0.3, -0.25) is 9.97 Å². The van der Waals surface area contributed by atoms with Gasteiger partial charge in [0.15, 0.2) is 0 Å². The summed E-state index contributed by atoms with van der Waals surface area (Å²) in [4.78, 5) is 9.04. The van der Waals surface area contributed by atoms with E-state index in [0.29, 0.717) is 0 Å². The SMILES string of the molecule is c1ccc(-n2c3cc4c(cccc4n(-c4ccccc4)c4cc5c(cccc52)cc4-c2cccnc2)cc3-c2cccnc2)cc1. The summed E-state index contributed by atoms with van der Waals surface area (Å²) in [6.45, 7) is 0. The zero-order chi connectivity index (χ0) is 30.5. The Balaban J connectivity index is 1.62. The van der Waals surface area contributed by atoms with Gasteiger partial charge in [0.1, 0.15) is 0 Å². The van der Waals surface area contributed by atoms with Gasteiger partial charge in [0.25, 0.3) is 0 Å². The molecule has 0 spiro atoms. The van der Waals surface area contributed by atoms with Gasteiger partial charge in [-0.2, -0.15) is 0 Å². The van der Waals surface area contributed by atoms with Gasteiger partial charge >= 0.3 is 0 Å². The Morgan fingerprint density at radius 1 is 0.370 bits per heavy atom. The molecule has 46 heavy (non-hydrogen) atoms. The topological polar surface area (TPSA) is 35.6 Å². The molecule has 3 heterocycles. The minimum atomic E-state index is 1.07. The molecular weight excluding hydrogens is 560 g/mol. The number of nitrogens with zero attached hydrogens (tertiary/aromatic N) is 4. The van der Waals surface area contributed by atoms with Crippen LogP contribution in [0.4, 0.5) is 0 Å². The second kappa shape index (κ2) is 10.7. The summed E-state index contributed by atoms with van der Waals surface area (Å²) in [5.74, 6) is 0. The third-order valence-electron chi connectivity index (χ3n) is 8.88. The van der Waals surface area contributed by atoms with E-state index in [-0.39, 0.29) is 0 Å². The normalized spacial score (nSPS) is 11.5. The Labute approximate surface area is 266 Å². The van der Waals surface area contributed by atoms with E-state index in [0.717, 1.165) is 77.2 Å². The summed E-state index contributed by atoms with van der Waals surface area (Å²) in [5.41, 5.74) is 11.0. The number of benzene rings is 6. The van der Waals surface area contributed by atoms with Crippen molar-refractivity contribution < 1.29 is 0 Å². The van der Waals surface area contributed by atoms with Crippen LogP contribution in [0.25, 0.3) is 77.2 Å². The first-order valence-electron chi connectivity index (χ1n) is 15.5. The number of hydrogen-bond acceptors (Lipinski definition) is 2. The molecule has 9 rings (SSSR count). The number of hydrogen-bond donors (Lipinski definition) is 0. The van der Waals surface area contributed by atoms with Crippen LogP contribution in [0.2, 0.25) is 0 Å². The molecule has 4 heteroatoms. The van der Waals surface area contributed by atoms with Crippen molar-refractivity contribution >= 4 is 43.6 Å². The molecule has 0 unspecified atom stereocenters. The molecule has 0 saturated heterocycles. The maximum Gasteiger partial charge on any atom is 0.0548 e. The Morgan fingerprint density at radius 2 is 0.826 bits per heavy atom. The summed E-state index contributed by atoms with van der Waals surface area (Å²) in [7, 11) is 0. The van der Waals surface area contributed by atoms with E-state index in [2.05, 4.69) is 153 Å². The fourth-order valence-corrected chi connectivity index (χ4v) is 6.83. The van der Waals surface area contributed by atoms with E-state index in [1.54, 1.807) is 0 Å². The molecular formula is C42H28N4.